The molecule has 0 bridgehead atoms. The van der Waals surface area contributed by atoms with E-state index in [-0.39, 0.29) is 18.1 Å². The Morgan fingerprint density at radius 2 is 2.15 bits per heavy atom. The lowest BCUT2D eigenvalue weighted by Crippen LogP contribution is -2.23. The summed E-state index contributed by atoms with van der Waals surface area (Å²) in [4.78, 5) is 12.7. The van der Waals surface area contributed by atoms with Crippen LogP contribution in [-0.2, 0) is 11.2 Å². The number of hydrogen-bond donors (Lipinski definition) is 0. The Morgan fingerprint density at radius 1 is 1.46 bits per heavy atom. The fourth-order valence-corrected chi connectivity index (χ4v) is 0.980. The molecule has 0 saturated carbocycles. The highest BCUT2D eigenvalue weighted by atomic mass is 19.1. The van der Waals surface area contributed by atoms with Crippen molar-refractivity contribution < 1.29 is 9.18 Å². The summed E-state index contributed by atoms with van der Waals surface area (Å²) in [6, 6.07) is 6.09. The molecule has 0 aliphatic heterocycles. The minimum absolute atomic E-state index is 0.0226. The van der Waals surface area contributed by atoms with Crippen LogP contribution >= 0.6 is 0 Å². The van der Waals surface area contributed by atoms with Crippen LogP contribution in [-0.4, -0.2) is 24.9 Å². The van der Waals surface area contributed by atoms with Gasteiger partial charge in [-0.05, 0) is 17.7 Å². The van der Waals surface area contributed by atoms with Crippen molar-refractivity contribution in [2.75, 3.05) is 14.1 Å². The Morgan fingerprint density at radius 3 is 2.69 bits per heavy atom. The molecule has 0 fully saturated rings. The molecule has 0 heterocycles. The lowest BCUT2D eigenvalue weighted by Gasteiger charge is -2.09. The summed E-state index contributed by atoms with van der Waals surface area (Å²) in [5.74, 6) is -0.324. The molecule has 2 nitrogen and oxygen atoms in total. The van der Waals surface area contributed by atoms with Gasteiger partial charge >= 0.3 is 0 Å². The number of amides is 1. The van der Waals surface area contributed by atoms with Gasteiger partial charge in [-0.1, -0.05) is 12.1 Å². The first-order valence-corrected chi connectivity index (χ1v) is 4.04. The number of halogens is 1. The fraction of sp³-hybridized carbons (Fsp3) is 0.300. The molecule has 13 heavy (non-hydrogen) atoms. The summed E-state index contributed by atoms with van der Waals surface area (Å²) < 4.78 is 12.7. The molecule has 0 spiro atoms. The van der Waals surface area contributed by atoms with E-state index >= 15 is 0 Å². The highest BCUT2D eigenvalue weighted by Gasteiger charge is 2.05. The number of nitrogens with zero attached hydrogens (tertiary/aromatic N) is 1. The molecule has 0 radical (unpaired) electrons. The fourth-order valence-electron chi connectivity index (χ4n) is 0.980. The van der Waals surface area contributed by atoms with Crippen molar-refractivity contribution in [2.45, 2.75) is 6.42 Å². The van der Waals surface area contributed by atoms with Gasteiger partial charge in [0.1, 0.15) is 5.82 Å². The summed E-state index contributed by atoms with van der Waals surface area (Å²) in [6.45, 7) is 0. The number of carbonyl (C=O) groups is 1. The monoisotopic (exact) mass is 181 g/mol. The van der Waals surface area contributed by atoms with E-state index in [1.165, 1.54) is 17.0 Å². The quantitative estimate of drug-likeness (QED) is 0.676. The smallest absolute Gasteiger partial charge is 0.226 e. The second kappa shape index (κ2) is 4.03. The third-order valence-electron chi connectivity index (χ3n) is 1.74. The molecule has 0 aromatic heterocycles. The molecule has 1 aromatic carbocycles. The van der Waals surface area contributed by atoms with E-state index in [2.05, 4.69) is 0 Å². The molecule has 0 N–H and O–H groups in total. The van der Waals surface area contributed by atoms with Gasteiger partial charge in [0.05, 0.1) is 6.42 Å². The normalized spacial score (nSPS) is 9.77. The molecule has 0 aliphatic rings. The van der Waals surface area contributed by atoms with Crippen LogP contribution in [0.3, 0.4) is 0 Å². The molecule has 1 rings (SSSR count). The van der Waals surface area contributed by atoms with Crippen LogP contribution in [0.1, 0.15) is 5.56 Å². The molecule has 0 atom stereocenters. The number of carbonyl (C=O) groups excluding carboxylic acids is 1. The summed E-state index contributed by atoms with van der Waals surface area (Å²) in [5, 5.41) is 0. The van der Waals surface area contributed by atoms with E-state index in [9.17, 15) is 9.18 Å². The zero-order valence-corrected chi connectivity index (χ0v) is 7.75. The third kappa shape index (κ3) is 2.86. The lowest BCUT2D eigenvalue weighted by molar-refractivity contribution is -0.127. The molecule has 70 valence electrons. The van der Waals surface area contributed by atoms with Gasteiger partial charge in [-0.25, -0.2) is 4.39 Å². The lowest BCUT2D eigenvalue weighted by atomic mass is 10.1. The van der Waals surface area contributed by atoms with E-state index in [1.54, 1.807) is 26.2 Å². The predicted molar refractivity (Wildman–Crippen MR) is 48.8 cm³/mol. The van der Waals surface area contributed by atoms with Crippen molar-refractivity contribution in [3.63, 3.8) is 0 Å². The van der Waals surface area contributed by atoms with Gasteiger partial charge in [-0.15, -0.1) is 0 Å². The third-order valence-corrected chi connectivity index (χ3v) is 1.74. The highest BCUT2D eigenvalue weighted by molar-refractivity contribution is 5.78. The summed E-state index contributed by atoms with van der Waals surface area (Å²) in [7, 11) is 3.36. The summed E-state index contributed by atoms with van der Waals surface area (Å²) >= 11 is 0. The molecule has 1 aromatic rings. The van der Waals surface area contributed by atoms with E-state index < -0.39 is 0 Å². The van der Waals surface area contributed by atoms with Gasteiger partial charge in [0.25, 0.3) is 0 Å². The van der Waals surface area contributed by atoms with Crippen LogP contribution in [0.5, 0.6) is 0 Å². The number of rotatable bonds is 2. The molecule has 0 unspecified atom stereocenters. The van der Waals surface area contributed by atoms with Crippen LogP contribution in [0.4, 0.5) is 4.39 Å². The largest absolute Gasteiger partial charge is 0.349 e. The molecule has 0 saturated heterocycles. The summed E-state index contributed by atoms with van der Waals surface area (Å²) in [5.41, 5.74) is 0.707. The van der Waals surface area contributed by atoms with E-state index in [4.69, 9.17) is 0 Å². The number of benzene rings is 1. The van der Waals surface area contributed by atoms with Gasteiger partial charge < -0.3 is 4.90 Å². The van der Waals surface area contributed by atoms with Crippen molar-refractivity contribution in [2.24, 2.45) is 0 Å². The van der Waals surface area contributed by atoms with Gasteiger partial charge in [0.15, 0.2) is 0 Å². The maximum atomic E-state index is 12.7. The van der Waals surface area contributed by atoms with E-state index in [0.717, 1.165) is 0 Å². The van der Waals surface area contributed by atoms with Crippen molar-refractivity contribution in [3.05, 3.63) is 35.6 Å². The van der Waals surface area contributed by atoms with Crippen LogP contribution in [0.25, 0.3) is 0 Å². The average molecular weight is 181 g/mol. The van der Waals surface area contributed by atoms with Gasteiger partial charge in [-0.3, -0.25) is 4.79 Å². The Kier molecular flexibility index (Phi) is 3.01. The predicted octanol–water partition coefficient (Wildman–Crippen LogP) is 1.46. The second-order valence-electron chi connectivity index (χ2n) is 3.09. The Labute approximate surface area is 77.0 Å². The summed E-state index contributed by atoms with van der Waals surface area (Å²) in [6.07, 6.45) is 0.255. The average Bonchev–Trinajstić information content (AvgIpc) is 2.04. The zero-order chi connectivity index (χ0) is 9.84. The minimum Gasteiger partial charge on any atom is -0.349 e. The number of hydrogen-bond acceptors (Lipinski definition) is 1. The van der Waals surface area contributed by atoms with Crippen LogP contribution in [0, 0.1) is 5.82 Å². The van der Waals surface area contributed by atoms with Crippen molar-refractivity contribution in [1.82, 2.24) is 4.90 Å². The van der Waals surface area contributed by atoms with Crippen molar-refractivity contribution >= 4 is 5.91 Å². The molecule has 3 heteroatoms. The topological polar surface area (TPSA) is 20.3 Å². The van der Waals surface area contributed by atoms with Gasteiger partial charge in [0, 0.05) is 14.1 Å². The number of likely N-dealkylation sites (N-methyl/N-ethyl adjacent to an activating group) is 1. The first-order valence-electron chi connectivity index (χ1n) is 4.04. The van der Waals surface area contributed by atoms with E-state index in [0.29, 0.717) is 5.56 Å². The Balaban J connectivity index is 2.69. The molecule has 1 amide bonds. The van der Waals surface area contributed by atoms with Crippen molar-refractivity contribution in [1.29, 1.82) is 0 Å². The maximum Gasteiger partial charge on any atom is 0.226 e. The standard InChI is InChI=1S/C10H12FNO/c1-12(2)10(13)7-8-4-3-5-9(11)6-8/h3-6H,7H2,1-2H3. The molecular weight excluding hydrogens is 169 g/mol. The maximum absolute atomic E-state index is 12.7. The second-order valence-corrected chi connectivity index (χ2v) is 3.09. The molecular formula is C10H12FNO. The van der Waals surface area contributed by atoms with Gasteiger partial charge in [-0.2, -0.15) is 0 Å². The first kappa shape index (κ1) is 9.71. The molecule has 0 aliphatic carbocycles. The van der Waals surface area contributed by atoms with Crippen LogP contribution < -0.4 is 0 Å². The Bertz CT molecular complexity index is 310. The van der Waals surface area contributed by atoms with Crippen molar-refractivity contribution in [3.8, 4) is 0 Å². The van der Waals surface area contributed by atoms with Crippen LogP contribution in [0.15, 0.2) is 24.3 Å². The first-order chi connectivity index (χ1) is 6.09. The minimum atomic E-state index is -0.302. The van der Waals surface area contributed by atoms with Gasteiger partial charge in [0.2, 0.25) is 5.91 Å². The van der Waals surface area contributed by atoms with Crippen LogP contribution in [0.2, 0.25) is 0 Å². The Hall–Kier alpha value is -1.38. The highest BCUT2D eigenvalue weighted by Crippen LogP contribution is 2.04. The van der Waals surface area contributed by atoms with E-state index in [1.807, 2.05) is 0 Å². The SMILES string of the molecule is CN(C)C(=O)Cc1cccc(F)c1. The zero-order valence-electron chi connectivity index (χ0n) is 7.75.